The third kappa shape index (κ3) is 3.27. The molecule has 0 aliphatic carbocycles. The Morgan fingerprint density at radius 2 is 1.93 bits per heavy atom. The maximum atomic E-state index is 13.7. The summed E-state index contributed by atoms with van der Waals surface area (Å²) in [6, 6.07) is 10.9. The van der Waals surface area contributed by atoms with Gasteiger partial charge in [-0.25, -0.2) is 8.42 Å². The fourth-order valence-corrected chi connectivity index (χ4v) is 7.61. The standard InChI is InChI=1S/C20H22N2O5S2/c23-18(24)15-13-20(10-4-5-11-21-19(20)25)22(17(15)14-7-2-1-3-8-14)29(26,27)16-9-6-12-28-16/h1-3,6-9,12,15,17H,4-5,10-11,13H2,(H,21,25)(H,23,24)/t15-,17-,20-/m0/s1. The zero-order valence-electron chi connectivity index (χ0n) is 15.7. The number of rotatable bonds is 4. The molecule has 2 aromatic rings. The van der Waals surface area contributed by atoms with Crippen molar-refractivity contribution in [1.82, 2.24) is 9.62 Å². The second-order valence-corrected chi connectivity index (χ2v) is 10.5. The molecule has 3 heterocycles. The van der Waals surface area contributed by atoms with Crippen molar-refractivity contribution in [2.45, 2.75) is 41.5 Å². The number of thiophene rings is 1. The fraction of sp³-hybridized carbons (Fsp3) is 0.400. The molecule has 0 radical (unpaired) electrons. The topological polar surface area (TPSA) is 104 Å². The molecule has 0 unspecified atom stereocenters. The molecule has 1 amide bonds. The Balaban J connectivity index is 1.96. The number of amides is 1. The monoisotopic (exact) mass is 434 g/mol. The van der Waals surface area contributed by atoms with E-state index in [2.05, 4.69) is 5.32 Å². The molecule has 2 aliphatic heterocycles. The molecule has 1 spiro atoms. The molecule has 154 valence electrons. The van der Waals surface area contributed by atoms with Gasteiger partial charge in [-0.3, -0.25) is 9.59 Å². The van der Waals surface area contributed by atoms with E-state index in [1.165, 1.54) is 10.4 Å². The lowest BCUT2D eigenvalue weighted by Crippen LogP contribution is -2.56. The van der Waals surface area contributed by atoms with Gasteiger partial charge in [0, 0.05) is 6.54 Å². The molecule has 2 aliphatic rings. The van der Waals surface area contributed by atoms with Crippen molar-refractivity contribution in [2.75, 3.05) is 6.54 Å². The van der Waals surface area contributed by atoms with E-state index in [-0.39, 0.29) is 10.6 Å². The first-order chi connectivity index (χ1) is 13.9. The lowest BCUT2D eigenvalue weighted by Gasteiger charge is -2.37. The van der Waals surface area contributed by atoms with Crippen LogP contribution in [-0.4, -0.2) is 41.8 Å². The minimum atomic E-state index is -4.09. The van der Waals surface area contributed by atoms with Gasteiger partial charge in [-0.15, -0.1) is 11.3 Å². The smallest absolute Gasteiger partial charge is 0.308 e. The summed E-state index contributed by atoms with van der Waals surface area (Å²) in [5.41, 5.74) is -0.836. The molecular formula is C20H22N2O5S2. The van der Waals surface area contributed by atoms with E-state index in [1.54, 1.807) is 41.8 Å². The minimum absolute atomic E-state index is 0.0433. The number of carboxylic acid groups (broad SMARTS) is 1. The summed E-state index contributed by atoms with van der Waals surface area (Å²) in [5, 5.41) is 14.5. The number of carboxylic acids is 1. The molecule has 2 fully saturated rings. The number of carbonyl (C=O) groups excluding carboxylic acids is 1. The van der Waals surface area contributed by atoms with E-state index in [9.17, 15) is 23.1 Å². The number of hydrogen-bond donors (Lipinski definition) is 2. The van der Waals surface area contributed by atoms with Gasteiger partial charge in [0.15, 0.2) is 0 Å². The van der Waals surface area contributed by atoms with Crippen LogP contribution in [-0.2, 0) is 19.6 Å². The highest BCUT2D eigenvalue weighted by molar-refractivity contribution is 7.91. The first-order valence-electron chi connectivity index (χ1n) is 9.52. The van der Waals surface area contributed by atoms with Crippen molar-refractivity contribution in [3.63, 3.8) is 0 Å². The summed E-state index contributed by atoms with van der Waals surface area (Å²) in [6.07, 6.45) is 1.63. The summed E-state index contributed by atoms with van der Waals surface area (Å²) >= 11 is 1.07. The molecule has 4 rings (SSSR count). The van der Waals surface area contributed by atoms with Crippen LogP contribution in [0.5, 0.6) is 0 Å². The van der Waals surface area contributed by atoms with Crippen molar-refractivity contribution < 1.29 is 23.1 Å². The molecule has 2 N–H and O–H groups in total. The first-order valence-corrected chi connectivity index (χ1v) is 11.8. The zero-order valence-corrected chi connectivity index (χ0v) is 17.3. The van der Waals surface area contributed by atoms with Gasteiger partial charge in [-0.1, -0.05) is 36.4 Å². The molecule has 1 aromatic heterocycles. The Labute approximate surface area is 173 Å². The normalized spacial score (nSPS) is 28.2. The third-order valence-electron chi connectivity index (χ3n) is 5.81. The number of nitrogens with one attached hydrogen (secondary N) is 1. The number of aliphatic carboxylic acids is 1. The van der Waals surface area contributed by atoms with Crippen LogP contribution in [0.3, 0.4) is 0 Å². The van der Waals surface area contributed by atoms with Gasteiger partial charge in [0.25, 0.3) is 10.0 Å². The molecule has 1 aromatic carbocycles. The maximum absolute atomic E-state index is 13.7. The third-order valence-corrected chi connectivity index (χ3v) is 9.13. The molecule has 29 heavy (non-hydrogen) atoms. The van der Waals surface area contributed by atoms with Gasteiger partial charge < -0.3 is 10.4 Å². The van der Waals surface area contributed by atoms with Gasteiger partial charge >= 0.3 is 5.97 Å². The highest BCUT2D eigenvalue weighted by Crippen LogP contribution is 2.52. The second-order valence-electron chi connectivity index (χ2n) is 7.48. The van der Waals surface area contributed by atoms with Crippen LogP contribution in [0, 0.1) is 5.92 Å². The van der Waals surface area contributed by atoms with Crippen LogP contribution >= 0.6 is 11.3 Å². The summed E-state index contributed by atoms with van der Waals surface area (Å²) in [6.45, 7) is 0.460. The minimum Gasteiger partial charge on any atom is -0.481 e. The van der Waals surface area contributed by atoms with Crippen molar-refractivity contribution in [2.24, 2.45) is 5.92 Å². The van der Waals surface area contributed by atoms with Crippen LogP contribution in [0.4, 0.5) is 0 Å². The summed E-state index contributed by atoms with van der Waals surface area (Å²) in [5.74, 6) is -2.52. The highest BCUT2D eigenvalue weighted by atomic mass is 32.2. The second kappa shape index (κ2) is 7.55. The van der Waals surface area contributed by atoms with E-state index in [0.717, 1.165) is 17.8 Å². The Bertz CT molecular complexity index is 1010. The van der Waals surface area contributed by atoms with E-state index in [1.807, 2.05) is 0 Å². The van der Waals surface area contributed by atoms with Gasteiger partial charge in [0.1, 0.15) is 9.75 Å². The number of sulfonamides is 1. The Hall–Kier alpha value is -2.23. The average molecular weight is 435 g/mol. The zero-order chi connectivity index (χ0) is 20.6. The number of benzene rings is 1. The molecular weight excluding hydrogens is 412 g/mol. The van der Waals surface area contributed by atoms with E-state index >= 15 is 0 Å². The first kappa shape index (κ1) is 20.1. The van der Waals surface area contributed by atoms with Gasteiger partial charge in [0.05, 0.1) is 12.0 Å². The summed E-state index contributed by atoms with van der Waals surface area (Å²) in [7, 11) is -4.09. The van der Waals surface area contributed by atoms with Crippen molar-refractivity contribution in [3.8, 4) is 0 Å². The van der Waals surface area contributed by atoms with Crippen LogP contribution in [0.1, 0.15) is 37.3 Å². The number of nitrogens with zero attached hydrogens (tertiary/aromatic N) is 1. The predicted octanol–water partition coefficient (Wildman–Crippen LogP) is 2.62. The Kier molecular flexibility index (Phi) is 5.22. The molecule has 0 bridgehead atoms. The largest absolute Gasteiger partial charge is 0.481 e. The van der Waals surface area contributed by atoms with Gasteiger partial charge in [0.2, 0.25) is 5.91 Å². The predicted molar refractivity (Wildman–Crippen MR) is 108 cm³/mol. The molecule has 2 saturated heterocycles. The quantitative estimate of drug-likeness (QED) is 0.770. The SMILES string of the molecule is O=C(O)[C@H]1C[C@]2(CCCCNC2=O)N(S(=O)(=O)c2cccs2)[C@H]1c1ccccc1. The fourth-order valence-electron chi connectivity index (χ4n) is 4.55. The van der Waals surface area contributed by atoms with E-state index < -0.39 is 39.4 Å². The molecule has 7 nitrogen and oxygen atoms in total. The molecule has 0 saturated carbocycles. The van der Waals surface area contributed by atoms with E-state index in [4.69, 9.17) is 0 Å². The Morgan fingerprint density at radius 3 is 2.59 bits per heavy atom. The van der Waals surface area contributed by atoms with Crippen LogP contribution in [0.2, 0.25) is 0 Å². The lowest BCUT2D eigenvalue weighted by molar-refractivity contribution is -0.142. The summed E-state index contributed by atoms with van der Waals surface area (Å²) < 4.78 is 28.8. The molecule has 9 heteroatoms. The number of carbonyl (C=O) groups is 2. The van der Waals surface area contributed by atoms with Crippen LogP contribution < -0.4 is 5.32 Å². The van der Waals surface area contributed by atoms with Gasteiger partial charge in [-0.05, 0) is 42.7 Å². The Morgan fingerprint density at radius 1 is 1.17 bits per heavy atom. The van der Waals surface area contributed by atoms with Crippen molar-refractivity contribution in [3.05, 3.63) is 53.4 Å². The lowest BCUT2D eigenvalue weighted by atomic mass is 9.86. The van der Waals surface area contributed by atoms with Gasteiger partial charge in [-0.2, -0.15) is 4.31 Å². The molecule has 3 atom stereocenters. The highest BCUT2D eigenvalue weighted by Gasteiger charge is 2.63. The van der Waals surface area contributed by atoms with Crippen LogP contribution in [0.25, 0.3) is 0 Å². The average Bonchev–Trinajstić information content (AvgIpc) is 3.32. The van der Waals surface area contributed by atoms with Crippen LogP contribution in [0.15, 0.2) is 52.1 Å². The summed E-state index contributed by atoms with van der Waals surface area (Å²) in [4.78, 5) is 25.4. The number of hydrogen-bond acceptors (Lipinski definition) is 5. The maximum Gasteiger partial charge on any atom is 0.308 e. The van der Waals surface area contributed by atoms with E-state index in [0.29, 0.717) is 24.9 Å². The van der Waals surface area contributed by atoms with Crippen molar-refractivity contribution in [1.29, 1.82) is 0 Å². The van der Waals surface area contributed by atoms with Crippen molar-refractivity contribution >= 4 is 33.2 Å².